The van der Waals surface area contributed by atoms with Crippen LogP contribution in [0.1, 0.15) is 5.69 Å². The fraction of sp³-hybridized carbons (Fsp3) is 0.556. The number of alkyl halides is 3. The first-order valence-corrected chi connectivity index (χ1v) is 4.51. The van der Waals surface area contributed by atoms with E-state index in [2.05, 4.69) is 4.74 Å². The van der Waals surface area contributed by atoms with Crippen LogP contribution in [0, 0.1) is 0 Å². The highest BCUT2D eigenvalue weighted by molar-refractivity contribution is 5.06. The van der Waals surface area contributed by atoms with E-state index in [4.69, 9.17) is 5.73 Å². The lowest BCUT2D eigenvalue weighted by molar-refractivity contribution is -0.174. The highest BCUT2D eigenvalue weighted by Gasteiger charge is 2.27. The Bertz CT molecular complexity index is 296. The van der Waals surface area contributed by atoms with E-state index >= 15 is 0 Å². The van der Waals surface area contributed by atoms with E-state index in [1.54, 1.807) is 16.8 Å². The van der Waals surface area contributed by atoms with Crippen molar-refractivity contribution in [2.45, 2.75) is 19.3 Å². The van der Waals surface area contributed by atoms with Crippen molar-refractivity contribution < 1.29 is 17.9 Å². The number of ether oxygens (including phenoxy) is 1. The topological polar surface area (TPSA) is 40.2 Å². The second-order valence-electron chi connectivity index (χ2n) is 3.06. The van der Waals surface area contributed by atoms with Crippen molar-refractivity contribution in [2.75, 3.05) is 13.2 Å². The van der Waals surface area contributed by atoms with Crippen molar-refractivity contribution in [1.29, 1.82) is 0 Å². The summed E-state index contributed by atoms with van der Waals surface area (Å²) >= 11 is 0. The first kappa shape index (κ1) is 12.1. The van der Waals surface area contributed by atoms with Crippen molar-refractivity contribution in [2.24, 2.45) is 5.73 Å². The number of hydrogen-bond donors (Lipinski definition) is 1. The molecule has 1 rings (SSSR count). The molecule has 1 aromatic heterocycles. The second kappa shape index (κ2) is 5.18. The molecule has 3 nitrogen and oxygen atoms in total. The molecule has 15 heavy (non-hydrogen) atoms. The third-order valence-electron chi connectivity index (χ3n) is 1.87. The smallest absolute Gasteiger partial charge is 0.370 e. The highest BCUT2D eigenvalue weighted by Crippen LogP contribution is 2.14. The molecule has 1 aromatic rings. The molecule has 0 atom stereocenters. The molecular formula is C9H13F3N2O. The zero-order chi connectivity index (χ0) is 11.3. The van der Waals surface area contributed by atoms with Crippen LogP contribution in [0.5, 0.6) is 0 Å². The highest BCUT2D eigenvalue weighted by atomic mass is 19.4. The number of nitrogens with zero attached hydrogens (tertiary/aromatic N) is 1. The summed E-state index contributed by atoms with van der Waals surface area (Å²) in [7, 11) is 0. The van der Waals surface area contributed by atoms with Gasteiger partial charge in [-0.05, 0) is 12.1 Å². The predicted molar refractivity (Wildman–Crippen MR) is 49.2 cm³/mol. The Labute approximate surface area is 85.6 Å². The number of aromatic nitrogens is 1. The Morgan fingerprint density at radius 2 is 2.13 bits per heavy atom. The van der Waals surface area contributed by atoms with Crippen LogP contribution in [0.4, 0.5) is 13.2 Å². The molecule has 0 radical (unpaired) electrons. The lowest BCUT2D eigenvalue weighted by atomic mass is 10.4. The minimum Gasteiger partial charge on any atom is -0.370 e. The largest absolute Gasteiger partial charge is 0.411 e. The molecule has 86 valence electrons. The average molecular weight is 222 g/mol. The molecule has 2 N–H and O–H groups in total. The normalized spacial score (nSPS) is 12.0. The third kappa shape index (κ3) is 4.35. The van der Waals surface area contributed by atoms with Gasteiger partial charge in [0.2, 0.25) is 0 Å². The van der Waals surface area contributed by atoms with Crippen LogP contribution in [-0.4, -0.2) is 24.0 Å². The summed E-state index contributed by atoms with van der Waals surface area (Å²) in [6.07, 6.45) is -2.49. The van der Waals surface area contributed by atoms with Gasteiger partial charge in [0, 0.05) is 25.0 Å². The van der Waals surface area contributed by atoms with Gasteiger partial charge in [-0.2, -0.15) is 13.2 Å². The maximum atomic E-state index is 11.7. The molecule has 0 unspecified atom stereocenters. The molecule has 0 aliphatic heterocycles. The third-order valence-corrected chi connectivity index (χ3v) is 1.87. The zero-order valence-electron chi connectivity index (χ0n) is 8.13. The fourth-order valence-electron chi connectivity index (χ4n) is 1.20. The first-order chi connectivity index (χ1) is 7.03. The summed E-state index contributed by atoms with van der Waals surface area (Å²) in [5, 5.41) is 0. The predicted octanol–water partition coefficient (Wildman–Crippen LogP) is 1.53. The van der Waals surface area contributed by atoms with Gasteiger partial charge < -0.3 is 15.0 Å². The van der Waals surface area contributed by atoms with Crippen LogP contribution in [0.3, 0.4) is 0 Å². The van der Waals surface area contributed by atoms with Gasteiger partial charge in [-0.25, -0.2) is 0 Å². The monoisotopic (exact) mass is 222 g/mol. The molecule has 0 aliphatic carbocycles. The molecule has 0 aromatic carbocycles. The van der Waals surface area contributed by atoms with Gasteiger partial charge in [0.15, 0.2) is 0 Å². The Morgan fingerprint density at radius 1 is 1.40 bits per heavy atom. The minimum absolute atomic E-state index is 0.0290. The van der Waals surface area contributed by atoms with E-state index < -0.39 is 12.8 Å². The summed E-state index contributed by atoms with van der Waals surface area (Å²) in [5.74, 6) is 0. The number of nitrogens with two attached hydrogens (primary N) is 1. The van der Waals surface area contributed by atoms with E-state index in [-0.39, 0.29) is 6.61 Å². The Kier molecular flexibility index (Phi) is 4.16. The molecule has 1 heterocycles. The SMILES string of the molecule is NCc1cccn1CCOCC(F)(F)F. The van der Waals surface area contributed by atoms with Crippen molar-refractivity contribution in [3.05, 3.63) is 24.0 Å². The van der Waals surface area contributed by atoms with Crippen LogP contribution in [0.15, 0.2) is 18.3 Å². The van der Waals surface area contributed by atoms with E-state index in [1.165, 1.54) is 0 Å². The van der Waals surface area contributed by atoms with Gasteiger partial charge in [0.1, 0.15) is 6.61 Å². The van der Waals surface area contributed by atoms with E-state index in [9.17, 15) is 13.2 Å². The van der Waals surface area contributed by atoms with Crippen LogP contribution in [0.25, 0.3) is 0 Å². The Morgan fingerprint density at radius 3 is 2.73 bits per heavy atom. The molecule has 0 aliphatic rings. The zero-order valence-corrected chi connectivity index (χ0v) is 8.13. The molecule has 0 amide bonds. The molecule has 0 saturated carbocycles. The van der Waals surface area contributed by atoms with Crippen LogP contribution < -0.4 is 5.73 Å². The summed E-state index contributed by atoms with van der Waals surface area (Å²) in [6.45, 7) is -0.421. The number of rotatable bonds is 5. The maximum absolute atomic E-state index is 11.7. The fourth-order valence-corrected chi connectivity index (χ4v) is 1.20. The summed E-state index contributed by atoms with van der Waals surface area (Å²) in [6, 6.07) is 3.62. The van der Waals surface area contributed by atoms with Gasteiger partial charge in [-0.3, -0.25) is 0 Å². The van der Waals surface area contributed by atoms with E-state index in [0.717, 1.165) is 5.69 Å². The average Bonchev–Trinajstić information content (AvgIpc) is 2.58. The van der Waals surface area contributed by atoms with Crippen molar-refractivity contribution in [1.82, 2.24) is 4.57 Å². The standard InChI is InChI=1S/C9H13F3N2O/c10-9(11,12)7-15-5-4-14-3-1-2-8(14)6-13/h1-3H,4-7,13H2. The van der Waals surface area contributed by atoms with Gasteiger partial charge >= 0.3 is 6.18 Å². The van der Waals surface area contributed by atoms with Crippen molar-refractivity contribution in [3.8, 4) is 0 Å². The lowest BCUT2D eigenvalue weighted by Crippen LogP contribution is -2.19. The Balaban J connectivity index is 2.26. The molecule has 6 heteroatoms. The van der Waals surface area contributed by atoms with Gasteiger partial charge in [-0.15, -0.1) is 0 Å². The van der Waals surface area contributed by atoms with Crippen LogP contribution in [0.2, 0.25) is 0 Å². The summed E-state index contributed by atoms with van der Waals surface area (Å²) < 4.78 is 41.4. The molecule has 0 bridgehead atoms. The van der Waals surface area contributed by atoms with Gasteiger partial charge in [0.05, 0.1) is 6.61 Å². The van der Waals surface area contributed by atoms with Crippen molar-refractivity contribution in [3.63, 3.8) is 0 Å². The minimum atomic E-state index is -4.26. The number of hydrogen-bond acceptors (Lipinski definition) is 2. The van der Waals surface area contributed by atoms with Gasteiger partial charge in [0.25, 0.3) is 0 Å². The maximum Gasteiger partial charge on any atom is 0.411 e. The van der Waals surface area contributed by atoms with E-state index in [0.29, 0.717) is 13.1 Å². The second-order valence-corrected chi connectivity index (χ2v) is 3.06. The summed E-state index contributed by atoms with van der Waals surface area (Å²) in [4.78, 5) is 0. The first-order valence-electron chi connectivity index (χ1n) is 4.51. The van der Waals surface area contributed by atoms with Crippen LogP contribution in [-0.2, 0) is 17.8 Å². The number of halogens is 3. The lowest BCUT2D eigenvalue weighted by Gasteiger charge is -2.10. The van der Waals surface area contributed by atoms with Crippen molar-refractivity contribution >= 4 is 0 Å². The quantitative estimate of drug-likeness (QED) is 0.767. The molecular weight excluding hydrogens is 209 g/mol. The van der Waals surface area contributed by atoms with E-state index in [1.807, 2.05) is 6.07 Å². The Hall–Kier alpha value is -1.01. The molecule has 0 spiro atoms. The molecule has 0 saturated heterocycles. The summed E-state index contributed by atoms with van der Waals surface area (Å²) in [5.41, 5.74) is 6.31. The van der Waals surface area contributed by atoms with Gasteiger partial charge in [-0.1, -0.05) is 0 Å². The molecule has 0 fully saturated rings. The van der Waals surface area contributed by atoms with Crippen LogP contribution >= 0.6 is 0 Å².